The van der Waals surface area contributed by atoms with Gasteiger partial charge in [0, 0.05) is 17.1 Å². The van der Waals surface area contributed by atoms with Crippen LogP contribution in [-0.4, -0.2) is 10.2 Å². The van der Waals surface area contributed by atoms with Crippen LogP contribution in [0.1, 0.15) is 75.8 Å². The minimum absolute atomic E-state index is 0.518. The molecule has 0 N–H and O–H groups in total. The first-order valence-electron chi connectivity index (χ1n) is 7.69. The van der Waals surface area contributed by atoms with Gasteiger partial charge >= 0.3 is 0 Å². The van der Waals surface area contributed by atoms with Crippen molar-refractivity contribution in [2.45, 2.75) is 65.6 Å². The molecule has 0 spiro atoms. The molecule has 0 fully saturated rings. The fourth-order valence-electron chi connectivity index (χ4n) is 2.97. The van der Waals surface area contributed by atoms with E-state index in [4.69, 9.17) is 4.98 Å². The van der Waals surface area contributed by atoms with Gasteiger partial charge in [-0.1, -0.05) is 41.5 Å². The highest BCUT2D eigenvalue weighted by Gasteiger charge is 2.28. The lowest BCUT2D eigenvalue weighted by atomic mass is 9.81. The van der Waals surface area contributed by atoms with Gasteiger partial charge in [-0.05, 0) is 52.3 Å². The van der Waals surface area contributed by atoms with Gasteiger partial charge in [0.2, 0.25) is 0 Å². The van der Waals surface area contributed by atoms with Crippen LogP contribution in [0.25, 0.3) is 5.57 Å². The molecule has 0 amide bonds. The highest BCUT2D eigenvalue weighted by atomic mass is 32.2. The third-order valence-corrected chi connectivity index (χ3v) is 5.67. The number of nitrogens with zero attached hydrogens (tertiary/aromatic N) is 1. The molecule has 2 heterocycles. The molecular formula is C18H27NS. The van der Waals surface area contributed by atoms with Crippen LogP contribution in [0.2, 0.25) is 0 Å². The van der Waals surface area contributed by atoms with Crippen LogP contribution in [-0.2, 0) is 0 Å². The number of rotatable bonds is 2. The minimum atomic E-state index is 0.518. The average molecular weight is 289 g/mol. The molecule has 0 unspecified atom stereocenters. The molecule has 2 heteroatoms. The second-order valence-corrected chi connectivity index (χ2v) is 7.85. The molecule has 0 bridgehead atoms. The molecule has 0 radical (unpaired) electrons. The van der Waals surface area contributed by atoms with Gasteiger partial charge in [0.15, 0.2) is 0 Å². The Morgan fingerprint density at radius 2 is 1.75 bits per heavy atom. The maximum atomic E-state index is 4.70. The molecule has 0 aromatic carbocycles. The van der Waals surface area contributed by atoms with Gasteiger partial charge in [-0.2, -0.15) is 0 Å². The van der Waals surface area contributed by atoms with Crippen LogP contribution < -0.4 is 0 Å². The maximum Gasteiger partial charge on any atom is 0.0414 e. The summed E-state index contributed by atoms with van der Waals surface area (Å²) >= 11 is 1.98. The van der Waals surface area contributed by atoms with Gasteiger partial charge in [-0.15, -0.1) is 11.8 Å². The van der Waals surface area contributed by atoms with E-state index in [9.17, 15) is 0 Å². The molecule has 1 aromatic heterocycles. The fraction of sp³-hybridized carbons (Fsp3) is 0.611. The number of allylic oxidation sites excluding steroid dienone is 1. The Hall–Kier alpha value is -0.760. The van der Waals surface area contributed by atoms with Gasteiger partial charge < -0.3 is 0 Å². The van der Waals surface area contributed by atoms with E-state index in [0.717, 1.165) is 0 Å². The van der Waals surface area contributed by atoms with E-state index >= 15 is 0 Å². The molecule has 2 rings (SSSR count). The average Bonchev–Trinajstić information content (AvgIpc) is 2.49. The number of aryl methyl sites for hydroxylation is 1. The van der Waals surface area contributed by atoms with E-state index < -0.39 is 0 Å². The first-order chi connectivity index (χ1) is 9.34. The van der Waals surface area contributed by atoms with E-state index in [1.54, 1.807) is 0 Å². The van der Waals surface area contributed by atoms with Gasteiger partial charge in [-0.25, -0.2) is 0 Å². The highest BCUT2D eigenvalue weighted by Crippen LogP contribution is 2.44. The third-order valence-electron chi connectivity index (χ3n) is 4.45. The van der Waals surface area contributed by atoms with Crippen molar-refractivity contribution in [3.8, 4) is 0 Å². The molecule has 0 saturated heterocycles. The van der Waals surface area contributed by atoms with Crippen molar-refractivity contribution in [1.82, 2.24) is 4.98 Å². The summed E-state index contributed by atoms with van der Waals surface area (Å²) in [6.45, 7) is 16.0. The Morgan fingerprint density at radius 1 is 1.10 bits per heavy atom. The molecule has 0 aliphatic carbocycles. The Kier molecular flexibility index (Phi) is 4.63. The van der Waals surface area contributed by atoms with Crippen molar-refractivity contribution in [3.63, 3.8) is 0 Å². The zero-order valence-electron chi connectivity index (χ0n) is 13.8. The standard InChI is InChI=1S/C18H27NS/c1-10(2)15-8-19-13(6)17-12(5)14(7)20-9-16(11(3)4)18(15)17/h8-12,14H,1-7H3/t12-,14+/m1/s1. The van der Waals surface area contributed by atoms with Crippen LogP contribution in [0.4, 0.5) is 0 Å². The van der Waals surface area contributed by atoms with Gasteiger partial charge in [0.05, 0.1) is 0 Å². The summed E-state index contributed by atoms with van der Waals surface area (Å²) in [5, 5.41) is 3.01. The minimum Gasteiger partial charge on any atom is -0.261 e. The van der Waals surface area contributed by atoms with Gasteiger partial charge in [0.1, 0.15) is 0 Å². The lowest BCUT2D eigenvalue weighted by Crippen LogP contribution is -2.13. The van der Waals surface area contributed by atoms with Crippen molar-refractivity contribution < 1.29 is 0 Å². The Labute approximate surface area is 128 Å². The normalized spacial score (nSPS) is 22.8. The monoisotopic (exact) mass is 289 g/mol. The molecule has 0 saturated carbocycles. The van der Waals surface area contributed by atoms with Crippen LogP contribution in [0.15, 0.2) is 11.6 Å². The Morgan fingerprint density at radius 3 is 2.30 bits per heavy atom. The predicted molar refractivity (Wildman–Crippen MR) is 91.3 cm³/mol. The quantitative estimate of drug-likeness (QED) is 0.687. The Balaban J connectivity index is 2.78. The van der Waals surface area contributed by atoms with Gasteiger partial charge in [-0.3, -0.25) is 4.98 Å². The number of thioether (sulfide) groups is 1. The molecule has 1 nitrogen and oxygen atoms in total. The second kappa shape index (κ2) is 5.93. The van der Waals surface area contributed by atoms with E-state index in [2.05, 4.69) is 60.1 Å². The summed E-state index contributed by atoms with van der Waals surface area (Å²) in [4.78, 5) is 4.70. The number of pyridine rings is 1. The zero-order chi connectivity index (χ0) is 15.0. The van der Waals surface area contributed by atoms with Crippen molar-refractivity contribution in [2.75, 3.05) is 0 Å². The molecular weight excluding hydrogens is 262 g/mol. The van der Waals surface area contributed by atoms with Crippen molar-refractivity contribution in [2.24, 2.45) is 5.92 Å². The van der Waals surface area contributed by atoms with Crippen molar-refractivity contribution in [1.29, 1.82) is 0 Å². The summed E-state index contributed by atoms with van der Waals surface area (Å²) in [7, 11) is 0. The molecule has 110 valence electrons. The van der Waals surface area contributed by atoms with E-state index in [-0.39, 0.29) is 0 Å². The zero-order valence-corrected chi connectivity index (χ0v) is 14.6. The van der Waals surface area contributed by atoms with Crippen molar-refractivity contribution >= 4 is 17.3 Å². The number of hydrogen-bond donors (Lipinski definition) is 0. The lowest BCUT2D eigenvalue weighted by molar-refractivity contribution is 0.726. The summed E-state index contributed by atoms with van der Waals surface area (Å²) in [6, 6.07) is 0. The molecule has 1 aliphatic heterocycles. The maximum absolute atomic E-state index is 4.70. The summed E-state index contributed by atoms with van der Waals surface area (Å²) in [6.07, 6.45) is 2.10. The second-order valence-electron chi connectivity index (χ2n) is 6.60. The highest BCUT2D eigenvalue weighted by molar-refractivity contribution is 8.02. The Bertz CT molecular complexity index is 528. The van der Waals surface area contributed by atoms with E-state index in [1.807, 2.05) is 11.8 Å². The lowest BCUT2D eigenvalue weighted by Gasteiger charge is -2.25. The largest absolute Gasteiger partial charge is 0.261 e. The van der Waals surface area contributed by atoms with Crippen LogP contribution in [0.3, 0.4) is 0 Å². The van der Waals surface area contributed by atoms with Crippen LogP contribution in [0, 0.1) is 12.8 Å². The molecule has 2 atom stereocenters. The number of aromatic nitrogens is 1. The summed E-state index contributed by atoms with van der Waals surface area (Å²) in [5.74, 6) is 1.62. The van der Waals surface area contributed by atoms with E-state index in [0.29, 0.717) is 23.0 Å². The number of fused-ring (bicyclic) bond motifs is 1. The predicted octanol–water partition coefficient (Wildman–Crippen LogP) is 5.75. The SMILES string of the molecule is Cc1ncc(C(C)C)c2c1[C@H](C)[C@H](C)SC=C2C(C)C. The van der Waals surface area contributed by atoms with Gasteiger partial charge in [0.25, 0.3) is 0 Å². The molecule has 1 aromatic rings. The summed E-state index contributed by atoms with van der Waals surface area (Å²) in [5.41, 5.74) is 7.08. The summed E-state index contributed by atoms with van der Waals surface area (Å²) < 4.78 is 0. The topological polar surface area (TPSA) is 12.9 Å². The molecule has 1 aliphatic rings. The van der Waals surface area contributed by atoms with Crippen LogP contribution >= 0.6 is 11.8 Å². The number of hydrogen-bond acceptors (Lipinski definition) is 2. The van der Waals surface area contributed by atoms with Crippen LogP contribution in [0.5, 0.6) is 0 Å². The first-order valence-corrected chi connectivity index (χ1v) is 8.64. The first kappa shape index (κ1) is 15.6. The van der Waals surface area contributed by atoms with E-state index in [1.165, 1.54) is 28.0 Å². The molecule has 20 heavy (non-hydrogen) atoms. The third kappa shape index (κ3) is 2.67. The van der Waals surface area contributed by atoms with Crippen molar-refractivity contribution in [3.05, 3.63) is 34.0 Å². The smallest absolute Gasteiger partial charge is 0.0414 e. The fourth-order valence-corrected chi connectivity index (χ4v) is 4.09.